The van der Waals surface area contributed by atoms with E-state index in [-0.39, 0.29) is 24.2 Å². The Morgan fingerprint density at radius 1 is 1.25 bits per heavy atom. The molecule has 0 radical (unpaired) electrons. The molecule has 4 nitrogen and oxygen atoms in total. The number of nitrogens with zero attached hydrogens (tertiary/aromatic N) is 1. The Morgan fingerprint density at radius 3 is 2.75 bits per heavy atom. The van der Waals surface area contributed by atoms with Crippen molar-refractivity contribution in [1.82, 2.24) is 4.90 Å². The molecule has 0 aliphatic carbocycles. The predicted molar refractivity (Wildman–Crippen MR) is 77.1 cm³/mol. The fraction of sp³-hybridized carbons (Fsp3) is 0.562. The quantitative estimate of drug-likeness (QED) is 0.915. The fourth-order valence-corrected chi connectivity index (χ4v) is 3.30. The molecular weight excluding hydrogens is 252 g/mol. The van der Waals surface area contributed by atoms with Crippen molar-refractivity contribution < 1.29 is 9.53 Å². The number of benzene rings is 1. The minimum Gasteiger partial charge on any atom is -0.364 e. The molecule has 2 heterocycles. The van der Waals surface area contributed by atoms with Gasteiger partial charge in [-0.05, 0) is 31.2 Å². The molecule has 4 heteroatoms. The maximum atomic E-state index is 12.7. The Balaban J connectivity index is 1.71. The number of carbonyl (C=O) groups is 1. The zero-order valence-electron chi connectivity index (χ0n) is 11.7. The minimum absolute atomic E-state index is 0.0572. The Morgan fingerprint density at radius 2 is 2.05 bits per heavy atom. The van der Waals surface area contributed by atoms with Gasteiger partial charge in [0.25, 0.3) is 5.91 Å². The maximum Gasteiger partial charge on any atom is 0.252 e. The van der Waals surface area contributed by atoms with Crippen LogP contribution in [0.3, 0.4) is 0 Å². The summed E-state index contributed by atoms with van der Waals surface area (Å²) in [5, 5.41) is 0. The summed E-state index contributed by atoms with van der Waals surface area (Å²) in [7, 11) is 0. The number of carbonyl (C=O) groups excluding carboxylic acids is 1. The third-order valence-electron chi connectivity index (χ3n) is 4.37. The molecule has 0 aromatic heterocycles. The van der Waals surface area contributed by atoms with Crippen LogP contribution < -0.4 is 5.73 Å². The third-order valence-corrected chi connectivity index (χ3v) is 4.37. The molecule has 1 aromatic carbocycles. The zero-order chi connectivity index (χ0) is 13.9. The van der Waals surface area contributed by atoms with Crippen LogP contribution in [0.1, 0.15) is 37.3 Å². The smallest absolute Gasteiger partial charge is 0.252 e. The van der Waals surface area contributed by atoms with Gasteiger partial charge in [-0.15, -0.1) is 0 Å². The van der Waals surface area contributed by atoms with Gasteiger partial charge in [0.15, 0.2) is 0 Å². The lowest BCUT2D eigenvalue weighted by molar-refractivity contribution is -0.143. The average molecular weight is 274 g/mol. The largest absolute Gasteiger partial charge is 0.364 e. The molecule has 20 heavy (non-hydrogen) atoms. The molecule has 2 aliphatic rings. The van der Waals surface area contributed by atoms with E-state index in [0.29, 0.717) is 6.54 Å². The van der Waals surface area contributed by atoms with Crippen molar-refractivity contribution in [1.29, 1.82) is 0 Å². The molecule has 1 amide bonds. The highest BCUT2D eigenvalue weighted by Crippen LogP contribution is 2.34. The van der Waals surface area contributed by atoms with Crippen molar-refractivity contribution in [3.05, 3.63) is 35.9 Å². The summed E-state index contributed by atoms with van der Waals surface area (Å²) >= 11 is 0. The second-order valence-electron chi connectivity index (χ2n) is 5.66. The second-order valence-corrected chi connectivity index (χ2v) is 5.66. The Kier molecular flexibility index (Phi) is 4.03. The van der Waals surface area contributed by atoms with Gasteiger partial charge in [0, 0.05) is 13.1 Å². The number of likely N-dealkylation sites (tertiary alicyclic amines) is 1. The van der Waals surface area contributed by atoms with Gasteiger partial charge in [0.2, 0.25) is 0 Å². The maximum absolute atomic E-state index is 12.7. The number of hydrogen-bond donors (Lipinski definition) is 1. The van der Waals surface area contributed by atoms with Gasteiger partial charge in [-0.2, -0.15) is 0 Å². The molecule has 0 saturated carbocycles. The predicted octanol–water partition coefficient (Wildman–Crippen LogP) is 1.86. The summed E-state index contributed by atoms with van der Waals surface area (Å²) in [5.74, 6) is 0.146. The van der Waals surface area contributed by atoms with Crippen LogP contribution >= 0.6 is 0 Å². The molecule has 3 rings (SSSR count). The zero-order valence-corrected chi connectivity index (χ0v) is 11.7. The lowest BCUT2D eigenvalue weighted by Crippen LogP contribution is -2.39. The van der Waals surface area contributed by atoms with Crippen LogP contribution in [0.15, 0.2) is 30.3 Å². The topological polar surface area (TPSA) is 55.6 Å². The molecule has 3 atom stereocenters. The van der Waals surface area contributed by atoms with Crippen LogP contribution in [0.25, 0.3) is 0 Å². The highest BCUT2D eigenvalue weighted by Gasteiger charge is 2.37. The van der Waals surface area contributed by atoms with Crippen LogP contribution in [0.5, 0.6) is 0 Å². The molecule has 1 aromatic rings. The van der Waals surface area contributed by atoms with Crippen LogP contribution in [0.2, 0.25) is 0 Å². The summed E-state index contributed by atoms with van der Waals surface area (Å²) in [5.41, 5.74) is 6.85. The Labute approximate surface area is 119 Å². The van der Waals surface area contributed by atoms with Gasteiger partial charge >= 0.3 is 0 Å². The van der Waals surface area contributed by atoms with E-state index in [2.05, 4.69) is 12.1 Å². The van der Waals surface area contributed by atoms with Crippen LogP contribution in [-0.4, -0.2) is 36.1 Å². The van der Waals surface area contributed by atoms with E-state index in [4.69, 9.17) is 10.5 Å². The summed E-state index contributed by atoms with van der Waals surface area (Å²) < 4.78 is 5.75. The van der Waals surface area contributed by atoms with Gasteiger partial charge in [-0.25, -0.2) is 0 Å². The molecule has 0 spiro atoms. The van der Waals surface area contributed by atoms with E-state index in [1.165, 1.54) is 5.56 Å². The number of rotatable bonds is 3. The van der Waals surface area contributed by atoms with Crippen LogP contribution in [0, 0.1) is 0 Å². The standard InChI is InChI=1S/C16H22N2O2/c17-11-13-8-9-15(20-13)16(19)18-10-4-7-14(18)12-5-2-1-3-6-12/h1-3,5-6,13-15H,4,7-11,17H2/t13-,14?,15+/m1/s1. The first-order chi connectivity index (χ1) is 9.79. The van der Waals surface area contributed by atoms with Crippen LogP contribution in [0.4, 0.5) is 0 Å². The molecule has 2 fully saturated rings. The number of ether oxygens (including phenoxy) is 1. The van der Waals surface area contributed by atoms with Crippen molar-refractivity contribution in [3.63, 3.8) is 0 Å². The normalized spacial score (nSPS) is 29.9. The van der Waals surface area contributed by atoms with Gasteiger partial charge in [-0.1, -0.05) is 30.3 Å². The van der Waals surface area contributed by atoms with Crippen molar-refractivity contribution in [2.75, 3.05) is 13.1 Å². The summed E-state index contributed by atoms with van der Waals surface area (Å²) in [6.07, 6.45) is 3.59. The van der Waals surface area contributed by atoms with E-state index in [9.17, 15) is 4.79 Å². The van der Waals surface area contributed by atoms with Gasteiger partial charge in [0.1, 0.15) is 6.10 Å². The molecule has 108 valence electrons. The number of hydrogen-bond acceptors (Lipinski definition) is 3. The highest BCUT2D eigenvalue weighted by atomic mass is 16.5. The Bertz CT molecular complexity index is 463. The number of nitrogens with two attached hydrogens (primary N) is 1. The van der Waals surface area contributed by atoms with E-state index >= 15 is 0 Å². The average Bonchev–Trinajstić information content (AvgIpc) is 3.16. The summed E-state index contributed by atoms with van der Waals surface area (Å²) in [6.45, 7) is 1.34. The first kappa shape index (κ1) is 13.6. The van der Waals surface area contributed by atoms with E-state index in [1.54, 1.807) is 0 Å². The molecule has 2 aliphatic heterocycles. The van der Waals surface area contributed by atoms with Gasteiger partial charge in [0.05, 0.1) is 12.1 Å². The van der Waals surface area contributed by atoms with E-state index in [1.807, 2.05) is 23.1 Å². The molecule has 1 unspecified atom stereocenters. The molecule has 2 N–H and O–H groups in total. The monoisotopic (exact) mass is 274 g/mol. The Hall–Kier alpha value is -1.39. The summed E-state index contributed by atoms with van der Waals surface area (Å²) in [6, 6.07) is 10.5. The highest BCUT2D eigenvalue weighted by molar-refractivity contribution is 5.82. The van der Waals surface area contributed by atoms with Crippen molar-refractivity contribution in [2.45, 2.75) is 43.9 Å². The number of amides is 1. The summed E-state index contributed by atoms with van der Waals surface area (Å²) in [4.78, 5) is 14.7. The van der Waals surface area contributed by atoms with Crippen molar-refractivity contribution in [3.8, 4) is 0 Å². The fourth-order valence-electron chi connectivity index (χ4n) is 3.30. The molecule has 2 saturated heterocycles. The van der Waals surface area contributed by atoms with Crippen molar-refractivity contribution in [2.24, 2.45) is 5.73 Å². The lowest BCUT2D eigenvalue weighted by atomic mass is 10.0. The lowest BCUT2D eigenvalue weighted by Gasteiger charge is -2.27. The minimum atomic E-state index is -0.284. The third kappa shape index (κ3) is 2.58. The van der Waals surface area contributed by atoms with E-state index in [0.717, 1.165) is 32.2 Å². The first-order valence-corrected chi connectivity index (χ1v) is 7.50. The van der Waals surface area contributed by atoms with Gasteiger partial charge < -0.3 is 15.4 Å². The molecular formula is C16H22N2O2. The van der Waals surface area contributed by atoms with Crippen molar-refractivity contribution >= 4 is 5.91 Å². The van der Waals surface area contributed by atoms with Gasteiger partial charge in [-0.3, -0.25) is 4.79 Å². The molecule has 0 bridgehead atoms. The SMILES string of the molecule is NC[C@H]1CC[C@@H](C(=O)N2CCCC2c2ccccc2)O1. The van der Waals surface area contributed by atoms with E-state index < -0.39 is 0 Å². The second kappa shape index (κ2) is 5.94. The van der Waals surface area contributed by atoms with Crippen LogP contribution in [-0.2, 0) is 9.53 Å². The first-order valence-electron chi connectivity index (χ1n) is 7.50.